The number of hydrogen-bond acceptors (Lipinski definition) is 6. The number of ether oxygens (including phenoxy) is 2. The van der Waals surface area contributed by atoms with Crippen molar-refractivity contribution in [2.45, 2.75) is 12.3 Å². The van der Waals surface area contributed by atoms with Crippen molar-refractivity contribution in [3.8, 4) is 5.75 Å². The lowest BCUT2D eigenvalue weighted by molar-refractivity contribution is -0.137. The molecule has 0 aliphatic carbocycles. The summed E-state index contributed by atoms with van der Waals surface area (Å²) < 4.78 is 50.4. The van der Waals surface area contributed by atoms with E-state index in [1.807, 2.05) is 11.9 Å². The van der Waals surface area contributed by atoms with Crippen LogP contribution in [0, 0.1) is 0 Å². The summed E-state index contributed by atoms with van der Waals surface area (Å²) in [6.07, 6.45) is -5.26. The van der Waals surface area contributed by atoms with Crippen LogP contribution < -0.4 is 9.64 Å². The highest BCUT2D eigenvalue weighted by molar-refractivity contribution is 6.56. The average Bonchev–Trinajstić information content (AvgIpc) is 3.17. The van der Waals surface area contributed by atoms with Gasteiger partial charge in [0.2, 0.25) is 0 Å². The second kappa shape index (κ2) is 11.8. The van der Waals surface area contributed by atoms with E-state index in [1.54, 1.807) is 55.6 Å². The Morgan fingerprint density at radius 2 is 1.82 bits per heavy atom. The highest BCUT2D eigenvalue weighted by Crippen LogP contribution is 2.38. The summed E-state index contributed by atoms with van der Waals surface area (Å²) in [6.45, 7) is 1.67. The van der Waals surface area contributed by atoms with Gasteiger partial charge in [-0.25, -0.2) is 4.99 Å². The van der Waals surface area contributed by atoms with Crippen LogP contribution in [-0.2, 0) is 15.7 Å². The molecule has 0 radical (unpaired) electrons. The third-order valence-electron chi connectivity index (χ3n) is 5.94. The smallest absolute Gasteiger partial charge is 0.416 e. The molecule has 3 aromatic carbocycles. The molecule has 1 aliphatic heterocycles. The number of fused-ring (bicyclic) bond motifs is 1. The van der Waals surface area contributed by atoms with Crippen LogP contribution in [0.1, 0.15) is 11.1 Å². The summed E-state index contributed by atoms with van der Waals surface area (Å²) in [5, 5.41) is 10.3. The summed E-state index contributed by atoms with van der Waals surface area (Å²) >= 11 is 0. The number of nitrogens with zero attached hydrogens (tertiary/aromatic N) is 3. The molecule has 0 spiro atoms. The second-order valence-corrected chi connectivity index (χ2v) is 8.88. The fraction of sp³-hybridized carbons (Fsp3) is 0.286. The van der Waals surface area contributed by atoms with E-state index in [4.69, 9.17) is 9.47 Å². The van der Waals surface area contributed by atoms with Crippen molar-refractivity contribution in [2.75, 3.05) is 45.4 Å². The first kappa shape index (κ1) is 27.3. The zero-order chi connectivity index (χ0) is 27.3. The molecule has 0 saturated carbocycles. The van der Waals surface area contributed by atoms with Crippen LogP contribution in [0.25, 0.3) is 0 Å². The van der Waals surface area contributed by atoms with E-state index < -0.39 is 23.8 Å². The largest absolute Gasteiger partial charge is 0.491 e. The summed E-state index contributed by atoms with van der Waals surface area (Å²) in [4.78, 5) is 21.2. The van der Waals surface area contributed by atoms with Gasteiger partial charge in [-0.05, 0) is 43.4 Å². The predicted molar refractivity (Wildman–Crippen MR) is 139 cm³/mol. The average molecular weight is 528 g/mol. The quantitative estimate of drug-likeness (QED) is 0.409. The van der Waals surface area contributed by atoms with E-state index in [9.17, 15) is 23.1 Å². The number of para-hydroxylation sites is 1. The van der Waals surface area contributed by atoms with Crippen molar-refractivity contribution in [1.29, 1.82) is 0 Å². The predicted octanol–water partition coefficient (Wildman–Crippen LogP) is 4.82. The van der Waals surface area contributed by atoms with E-state index in [0.29, 0.717) is 42.4 Å². The Labute approximate surface area is 218 Å². The van der Waals surface area contributed by atoms with E-state index in [1.165, 1.54) is 17.0 Å². The standard InChI is InChI=1S/C28H28F3N3O4/c1-33(13-14-37-2)17-22(35)18-38-23-10-6-9-21(16-23)34-25-12-4-3-11-24(25)26(27(34)36)32-20-8-5-7-19(15-20)28(29,30)31/h3-12,15-16,22,35H,13-14,17-18H2,1-2H3. The van der Waals surface area contributed by atoms with Gasteiger partial charge in [-0.3, -0.25) is 9.69 Å². The third-order valence-corrected chi connectivity index (χ3v) is 5.94. The van der Waals surface area contributed by atoms with Crippen LogP contribution in [0.4, 0.5) is 30.2 Å². The minimum absolute atomic E-state index is 0.0290. The summed E-state index contributed by atoms with van der Waals surface area (Å²) in [5.74, 6) is -0.0183. The Hall–Kier alpha value is -3.73. The number of alkyl halides is 3. The molecule has 1 aliphatic rings. The number of aliphatic hydroxyl groups excluding tert-OH is 1. The highest BCUT2D eigenvalue weighted by Gasteiger charge is 2.35. The molecule has 0 aromatic heterocycles. The van der Waals surface area contributed by atoms with E-state index >= 15 is 0 Å². The SMILES string of the molecule is COCCN(C)CC(O)COc1cccc(N2C(=O)C(=Nc3cccc(C(F)(F)F)c3)c3ccccc32)c1. The van der Waals surface area contributed by atoms with E-state index in [2.05, 4.69) is 4.99 Å². The molecule has 7 nitrogen and oxygen atoms in total. The monoisotopic (exact) mass is 527 g/mol. The van der Waals surface area contributed by atoms with Crippen molar-refractivity contribution in [3.63, 3.8) is 0 Å². The molecule has 1 amide bonds. The zero-order valence-corrected chi connectivity index (χ0v) is 21.0. The van der Waals surface area contributed by atoms with Gasteiger partial charge in [0.1, 0.15) is 24.2 Å². The molecule has 10 heteroatoms. The molecule has 200 valence electrons. The molecule has 1 unspecified atom stereocenters. The maximum Gasteiger partial charge on any atom is 0.416 e. The van der Waals surface area contributed by atoms with Crippen LogP contribution in [-0.4, -0.2) is 68.2 Å². The van der Waals surface area contributed by atoms with Crippen molar-refractivity contribution in [3.05, 3.63) is 83.9 Å². The molecule has 4 rings (SSSR count). The van der Waals surface area contributed by atoms with Crippen LogP contribution in [0.2, 0.25) is 0 Å². The number of aliphatic hydroxyl groups is 1. The summed E-state index contributed by atoms with van der Waals surface area (Å²) in [6, 6.07) is 18.3. The highest BCUT2D eigenvalue weighted by atomic mass is 19.4. The second-order valence-electron chi connectivity index (χ2n) is 8.88. The number of benzene rings is 3. The summed E-state index contributed by atoms with van der Waals surface area (Å²) in [5.41, 5.74) is 0.797. The van der Waals surface area contributed by atoms with E-state index in [0.717, 1.165) is 12.1 Å². The summed E-state index contributed by atoms with van der Waals surface area (Å²) in [7, 11) is 3.49. The lowest BCUT2D eigenvalue weighted by Gasteiger charge is -2.21. The molecular weight excluding hydrogens is 499 g/mol. The number of methoxy groups -OCH3 is 1. The maximum atomic E-state index is 13.5. The molecule has 0 bridgehead atoms. The first-order valence-corrected chi connectivity index (χ1v) is 12.0. The topological polar surface area (TPSA) is 74.6 Å². The Kier molecular flexibility index (Phi) is 8.45. The number of carbonyl (C=O) groups is 1. The van der Waals surface area contributed by atoms with Gasteiger partial charge in [-0.2, -0.15) is 13.2 Å². The van der Waals surface area contributed by atoms with Crippen molar-refractivity contribution in [2.24, 2.45) is 4.99 Å². The fourth-order valence-electron chi connectivity index (χ4n) is 4.10. The molecule has 3 aromatic rings. The van der Waals surface area contributed by atoms with Crippen LogP contribution in [0.15, 0.2) is 77.8 Å². The Morgan fingerprint density at radius 1 is 1.05 bits per heavy atom. The normalized spacial score (nSPS) is 15.3. The molecule has 1 heterocycles. The lowest BCUT2D eigenvalue weighted by atomic mass is 10.1. The number of hydrogen-bond donors (Lipinski definition) is 1. The van der Waals surface area contributed by atoms with Gasteiger partial charge in [-0.1, -0.05) is 30.3 Å². The molecule has 0 fully saturated rings. The van der Waals surface area contributed by atoms with Crippen LogP contribution >= 0.6 is 0 Å². The van der Waals surface area contributed by atoms with Gasteiger partial charge in [0.25, 0.3) is 5.91 Å². The number of rotatable bonds is 10. The lowest BCUT2D eigenvalue weighted by Crippen LogP contribution is -2.34. The molecule has 1 atom stereocenters. The van der Waals surface area contributed by atoms with Gasteiger partial charge in [0.05, 0.1) is 29.2 Å². The van der Waals surface area contributed by atoms with Gasteiger partial charge < -0.3 is 19.5 Å². The Morgan fingerprint density at radius 3 is 2.58 bits per heavy atom. The number of amides is 1. The first-order chi connectivity index (χ1) is 18.2. The van der Waals surface area contributed by atoms with Gasteiger partial charge in [0.15, 0.2) is 0 Å². The third kappa shape index (κ3) is 6.39. The van der Waals surface area contributed by atoms with Crippen LogP contribution in [0.5, 0.6) is 5.75 Å². The number of halogens is 3. The Bertz CT molecular complexity index is 1310. The van der Waals surface area contributed by atoms with Gasteiger partial charge in [0, 0.05) is 31.8 Å². The number of aliphatic imine (C=N–C) groups is 1. The van der Waals surface area contributed by atoms with E-state index in [-0.39, 0.29) is 18.0 Å². The number of carbonyl (C=O) groups excluding carboxylic acids is 1. The molecule has 0 saturated heterocycles. The zero-order valence-electron chi connectivity index (χ0n) is 21.0. The maximum absolute atomic E-state index is 13.5. The fourth-order valence-corrected chi connectivity index (χ4v) is 4.10. The van der Waals surface area contributed by atoms with Crippen LogP contribution in [0.3, 0.4) is 0 Å². The van der Waals surface area contributed by atoms with Crippen molar-refractivity contribution >= 4 is 28.7 Å². The molecular formula is C28H28F3N3O4. The van der Waals surface area contributed by atoms with Crippen molar-refractivity contribution < 1.29 is 32.5 Å². The van der Waals surface area contributed by atoms with Gasteiger partial charge >= 0.3 is 6.18 Å². The van der Waals surface area contributed by atoms with Crippen molar-refractivity contribution in [1.82, 2.24) is 4.90 Å². The Balaban J connectivity index is 1.56. The minimum Gasteiger partial charge on any atom is -0.491 e. The first-order valence-electron chi connectivity index (χ1n) is 12.0. The molecule has 1 N–H and O–H groups in total. The van der Waals surface area contributed by atoms with Gasteiger partial charge in [-0.15, -0.1) is 0 Å². The molecule has 38 heavy (non-hydrogen) atoms. The number of likely N-dealkylation sites (N-methyl/N-ethyl adjacent to an activating group) is 1. The number of anilines is 2. The minimum atomic E-state index is -4.52.